The molecule has 10 aromatic rings. The first-order valence-electron chi connectivity index (χ1n) is 17.8. The maximum atomic E-state index is 5.09. The van der Waals surface area contributed by atoms with Crippen LogP contribution in [-0.4, -0.2) is 4.98 Å². The zero-order valence-electron chi connectivity index (χ0n) is 28.7. The standard InChI is InChI=1S/C49H32N2S2/c1-4-12-33(13-5-1)35-20-22-37(23-21-35)41-18-10-11-19-44(41)51(39-26-24-36(25-27-39)34-14-6-2-7-15-34)40-28-30-45-42(32-40)47-46(52-45)31-29-43-48(47)53-49(50-43)38-16-8-3-9-17-38/h1-32H. The molecule has 0 saturated heterocycles. The molecule has 8 aromatic carbocycles. The summed E-state index contributed by atoms with van der Waals surface area (Å²) in [6.07, 6.45) is 0. The molecule has 0 fully saturated rings. The normalized spacial score (nSPS) is 11.4. The van der Waals surface area contributed by atoms with E-state index in [0.29, 0.717) is 0 Å². The summed E-state index contributed by atoms with van der Waals surface area (Å²) < 4.78 is 3.79. The molecule has 4 heteroatoms. The van der Waals surface area contributed by atoms with E-state index >= 15 is 0 Å². The number of aromatic nitrogens is 1. The minimum atomic E-state index is 1.05. The van der Waals surface area contributed by atoms with E-state index in [0.717, 1.165) is 33.1 Å². The molecule has 0 radical (unpaired) electrons. The van der Waals surface area contributed by atoms with E-state index in [1.165, 1.54) is 58.3 Å². The summed E-state index contributed by atoms with van der Waals surface area (Å²) >= 11 is 3.64. The van der Waals surface area contributed by atoms with Gasteiger partial charge in [-0.2, -0.15) is 0 Å². The van der Waals surface area contributed by atoms with Gasteiger partial charge in [-0.1, -0.05) is 146 Å². The number of thiazole rings is 1. The second-order valence-electron chi connectivity index (χ2n) is 13.2. The molecule has 2 nitrogen and oxygen atoms in total. The fourth-order valence-corrected chi connectivity index (χ4v) is 9.61. The molecule has 2 heterocycles. The van der Waals surface area contributed by atoms with E-state index in [-0.39, 0.29) is 0 Å². The fourth-order valence-electron chi connectivity index (χ4n) is 7.32. The molecule has 0 unspecified atom stereocenters. The Morgan fingerprint density at radius 1 is 0.396 bits per heavy atom. The minimum Gasteiger partial charge on any atom is -0.310 e. The number of fused-ring (bicyclic) bond motifs is 5. The number of thiophene rings is 1. The lowest BCUT2D eigenvalue weighted by Crippen LogP contribution is -2.11. The molecule has 0 bridgehead atoms. The number of rotatable bonds is 7. The molecular weight excluding hydrogens is 681 g/mol. The quantitative estimate of drug-likeness (QED) is 0.164. The summed E-state index contributed by atoms with van der Waals surface area (Å²) in [4.78, 5) is 7.51. The van der Waals surface area contributed by atoms with Crippen LogP contribution in [0.2, 0.25) is 0 Å². The Morgan fingerprint density at radius 2 is 0.925 bits per heavy atom. The van der Waals surface area contributed by atoms with Crippen molar-refractivity contribution in [3.8, 4) is 44.0 Å². The van der Waals surface area contributed by atoms with Crippen molar-refractivity contribution in [2.75, 3.05) is 4.90 Å². The first kappa shape index (κ1) is 31.4. The highest BCUT2D eigenvalue weighted by Gasteiger charge is 2.20. The summed E-state index contributed by atoms with van der Waals surface area (Å²) in [5.41, 5.74) is 12.7. The molecule has 0 aliphatic rings. The lowest BCUT2D eigenvalue weighted by atomic mass is 9.98. The van der Waals surface area contributed by atoms with Crippen LogP contribution >= 0.6 is 22.7 Å². The van der Waals surface area contributed by atoms with Crippen molar-refractivity contribution >= 4 is 70.1 Å². The van der Waals surface area contributed by atoms with Crippen molar-refractivity contribution in [1.82, 2.24) is 4.98 Å². The van der Waals surface area contributed by atoms with Gasteiger partial charge in [0.2, 0.25) is 0 Å². The molecule has 10 rings (SSSR count). The van der Waals surface area contributed by atoms with Crippen LogP contribution in [0.15, 0.2) is 194 Å². The van der Waals surface area contributed by atoms with Gasteiger partial charge in [0.15, 0.2) is 0 Å². The first-order valence-corrected chi connectivity index (χ1v) is 19.4. The van der Waals surface area contributed by atoms with E-state index < -0.39 is 0 Å². The molecule has 0 aliphatic carbocycles. The fraction of sp³-hybridized carbons (Fsp3) is 0. The van der Waals surface area contributed by atoms with Gasteiger partial charge in [0.05, 0.1) is 15.9 Å². The maximum absolute atomic E-state index is 5.09. The van der Waals surface area contributed by atoms with Gasteiger partial charge >= 0.3 is 0 Å². The van der Waals surface area contributed by atoms with Crippen molar-refractivity contribution in [1.29, 1.82) is 0 Å². The van der Waals surface area contributed by atoms with Gasteiger partial charge < -0.3 is 4.90 Å². The number of anilines is 3. The topological polar surface area (TPSA) is 16.1 Å². The molecule has 0 saturated carbocycles. The summed E-state index contributed by atoms with van der Waals surface area (Å²) in [5, 5.41) is 3.59. The Hall–Kier alpha value is -6.33. The van der Waals surface area contributed by atoms with E-state index in [1.807, 2.05) is 11.3 Å². The molecule has 2 aromatic heterocycles. The SMILES string of the molecule is c1ccc(-c2ccc(-c3ccccc3N(c3ccc(-c4ccccc4)cc3)c3ccc4sc5ccc6nc(-c7ccccc7)sc6c5c4c3)cc2)cc1. The maximum Gasteiger partial charge on any atom is 0.124 e. The lowest BCUT2D eigenvalue weighted by molar-refractivity contribution is 1.29. The van der Waals surface area contributed by atoms with E-state index in [4.69, 9.17) is 4.98 Å². The van der Waals surface area contributed by atoms with Crippen LogP contribution in [-0.2, 0) is 0 Å². The van der Waals surface area contributed by atoms with Gasteiger partial charge in [-0.15, -0.1) is 22.7 Å². The molecule has 0 spiro atoms. The predicted octanol–water partition coefficient (Wildman–Crippen LogP) is 14.8. The number of para-hydroxylation sites is 1. The number of benzene rings is 8. The van der Waals surface area contributed by atoms with Gasteiger partial charge in [0.25, 0.3) is 0 Å². The monoisotopic (exact) mass is 712 g/mol. The van der Waals surface area contributed by atoms with Crippen molar-refractivity contribution in [2.24, 2.45) is 0 Å². The molecule has 250 valence electrons. The van der Waals surface area contributed by atoms with E-state index in [9.17, 15) is 0 Å². The van der Waals surface area contributed by atoms with Gasteiger partial charge in [0, 0.05) is 42.7 Å². The molecule has 53 heavy (non-hydrogen) atoms. The average Bonchev–Trinajstić information content (AvgIpc) is 3.84. The second-order valence-corrected chi connectivity index (χ2v) is 15.2. The van der Waals surface area contributed by atoms with Gasteiger partial charge in [-0.25, -0.2) is 4.98 Å². The smallest absolute Gasteiger partial charge is 0.124 e. The lowest BCUT2D eigenvalue weighted by Gasteiger charge is -2.28. The zero-order chi connectivity index (χ0) is 35.1. The Balaban J connectivity index is 1.15. The third kappa shape index (κ3) is 5.79. The van der Waals surface area contributed by atoms with Crippen molar-refractivity contribution in [3.63, 3.8) is 0 Å². The largest absolute Gasteiger partial charge is 0.310 e. The molecule has 0 aliphatic heterocycles. The molecular formula is C49H32N2S2. The summed E-state index contributed by atoms with van der Waals surface area (Å²) in [6, 6.07) is 69.8. The number of hydrogen-bond donors (Lipinski definition) is 0. The molecule has 0 atom stereocenters. The Labute approximate surface area is 316 Å². The van der Waals surface area contributed by atoms with Crippen LogP contribution in [0.25, 0.3) is 74.3 Å². The zero-order valence-corrected chi connectivity index (χ0v) is 30.3. The van der Waals surface area contributed by atoms with Crippen LogP contribution in [0.4, 0.5) is 17.1 Å². The average molecular weight is 713 g/mol. The Kier molecular flexibility index (Phi) is 7.90. The van der Waals surface area contributed by atoms with Gasteiger partial charge in [-0.3, -0.25) is 0 Å². The van der Waals surface area contributed by atoms with Crippen LogP contribution in [0.5, 0.6) is 0 Å². The third-order valence-electron chi connectivity index (χ3n) is 9.93. The number of nitrogens with zero attached hydrogens (tertiary/aromatic N) is 2. The highest BCUT2D eigenvalue weighted by molar-refractivity contribution is 7.28. The Morgan fingerprint density at radius 3 is 1.60 bits per heavy atom. The van der Waals surface area contributed by atoms with Crippen molar-refractivity contribution < 1.29 is 0 Å². The predicted molar refractivity (Wildman–Crippen MR) is 229 cm³/mol. The molecule has 0 amide bonds. The number of hydrogen-bond acceptors (Lipinski definition) is 4. The minimum absolute atomic E-state index is 1.05. The summed E-state index contributed by atoms with van der Waals surface area (Å²) in [5.74, 6) is 0. The molecule has 0 N–H and O–H groups in total. The van der Waals surface area contributed by atoms with Crippen LogP contribution < -0.4 is 4.90 Å². The second kappa shape index (κ2) is 13.3. The van der Waals surface area contributed by atoms with Crippen molar-refractivity contribution in [3.05, 3.63) is 194 Å². The highest BCUT2D eigenvalue weighted by atomic mass is 32.1. The van der Waals surface area contributed by atoms with Crippen LogP contribution in [0.3, 0.4) is 0 Å². The summed E-state index contributed by atoms with van der Waals surface area (Å²) in [6.45, 7) is 0. The third-order valence-corrected chi connectivity index (χ3v) is 12.2. The van der Waals surface area contributed by atoms with Gasteiger partial charge in [0.1, 0.15) is 5.01 Å². The Bertz CT molecular complexity index is 2860. The summed E-state index contributed by atoms with van der Waals surface area (Å²) in [7, 11) is 0. The first-order chi connectivity index (χ1) is 26.3. The van der Waals surface area contributed by atoms with Crippen LogP contribution in [0.1, 0.15) is 0 Å². The highest BCUT2D eigenvalue weighted by Crippen LogP contribution is 2.46. The van der Waals surface area contributed by atoms with E-state index in [1.54, 1.807) is 11.3 Å². The van der Waals surface area contributed by atoms with Gasteiger partial charge in [-0.05, 0) is 76.3 Å². The van der Waals surface area contributed by atoms with E-state index in [2.05, 4.69) is 199 Å². The van der Waals surface area contributed by atoms with Crippen molar-refractivity contribution in [2.45, 2.75) is 0 Å². The van der Waals surface area contributed by atoms with Crippen LogP contribution in [0, 0.1) is 0 Å².